The van der Waals surface area contributed by atoms with E-state index in [1.54, 1.807) is 16.2 Å². The Bertz CT molecular complexity index is 1120. The van der Waals surface area contributed by atoms with Gasteiger partial charge in [-0.2, -0.15) is 0 Å². The van der Waals surface area contributed by atoms with Crippen LogP contribution >= 0.6 is 11.3 Å². The first-order chi connectivity index (χ1) is 14.5. The molecular weight excluding hydrogens is 394 g/mol. The summed E-state index contributed by atoms with van der Waals surface area (Å²) in [6, 6.07) is 12.2. The molecule has 1 atom stereocenters. The van der Waals surface area contributed by atoms with Gasteiger partial charge in [-0.25, -0.2) is 0 Å². The Kier molecular flexibility index (Phi) is 4.69. The van der Waals surface area contributed by atoms with Gasteiger partial charge in [0.15, 0.2) is 0 Å². The number of para-hydroxylation sites is 1. The van der Waals surface area contributed by atoms with Crippen molar-refractivity contribution in [2.45, 2.75) is 64.1 Å². The Hall–Kier alpha value is -2.60. The molecule has 2 aliphatic rings. The average Bonchev–Trinajstić information content (AvgIpc) is 3.47. The zero-order valence-corrected chi connectivity index (χ0v) is 18.3. The number of aryl methyl sites for hydroxylation is 1. The number of hydrogen-bond acceptors (Lipinski definition) is 3. The maximum atomic E-state index is 13.8. The van der Waals surface area contributed by atoms with E-state index < -0.39 is 5.54 Å². The van der Waals surface area contributed by atoms with E-state index in [9.17, 15) is 9.59 Å². The summed E-state index contributed by atoms with van der Waals surface area (Å²) in [5.41, 5.74) is 1.58. The lowest BCUT2D eigenvalue weighted by Crippen LogP contribution is -2.65. The van der Waals surface area contributed by atoms with Gasteiger partial charge in [-0.05, 0) is 55.3 Å². The van der Waals surface area contributed by atoms with Gasteiger partial charge < -0.3 is 9.88 Å². The molecule has 2 aromatic heterocycles. The molecule has 5 nitrogen and oxygen atoms in total. The molecule has 6 heteroatoms. The van der Waals surface area contributed by atoms with E-state index in [4.69, 9.17) is 0 Å². The fraction of sp³-hybridized carbons (Fsp3) is 0.417. The minimum Gasteiger partial charge on any atom is -0.351 e. The molecule has 2 amide bonds. The number of nitrogens with one attached hydrogen (secondary N) is 1. The molecule has 3 aromatic rings. The third-order valence-electron chi connectivity index (χ3n) is 6.68. The second-order valence-electron chi connectivity index (χ2n) is 8.65. The van der Waals surface area contributed by atoms with Crippen LogP contribution in [0.25, 0.3) is 10.2 Å². The lowest BCUT2D eigenvalue weighted by atomic mass is 9.92. The molecule has 5 rings (SSSR count). The molecule has 1 saturated carbocycles. The van der Waals surface area contributed by atoms with Gasteiger partial charge in [0.1, 0.15) is 16.1 Å². The van der Waals surface area contributed by atoms with Crippen molar-refractivity contribution < 1.29 is 9.59 Å². The number of anilines is 1. The van der Waals surface area contributed by atoms with Gasteiger partial charge in [0.25, 0.3) is 5.91 Å². The van der Waals surface area contributed by atoms with Gasteiger partial charge in [0.05, 0.1) is 6.54 Å². The van der Waals surface area contributed by atoms with E-state index in [-0.39, 0.29) is 17.9 Å². The predicted octanol–water partition coefficient (Wildman–Crippen LogP) is 4.74. The highest BCUT2D eigenvalue weighted by Gasteiger charge is 2.49. The number of rotatable bonds is 4. The van der Waals surface area contributed by atoms with E-state index in [2.05, 4.69) is 12.2 Å². The minimum absolute atomic E-state index is 0.0577. The normalized spacial score (nSPS) is 21.9. The van der Waals surface area contributed by atoms with Gasteiger partial charge in [-0.15, -0.1) is 11.3 Å². The number of amides is 2. The highest BCUT2D eigenvalue weighted by atomic mass is 32.1. The molecular formula is C24H27N3O2S. The number of hydrogen-bond donors (Lipinski definition) is 1. The maximum Gasteiger partial charge on any atom is 0.275 e. The fourth-order valence-electron chi connectivity index (χ4n) is 5.01. The minimum atomic E-state index is -0.992. The molecule has 1 aliphatic carbocycles. The summed E-state index contributed by atoms with van der Waals surface area (Å²) >= 11 is 1.62. The highest BCUT2D eigenvalue weighted by molar-refractivity contribution is 7.16. The van der Waals surface area contributed by atoms with Gasteiger partial charge in [0, 0.05) is 17.1 Å². The standard InChI is InChI=1S/C24H27N3O2S/c1-3-16-8-4-7-11-19(16)27-21(28)20-14-17-12-13-30-22(17)26(20)15-24(27,2)23(29)25-18-9-5-6-10-18/h4,7-8,11-14,18H,3,5-6,9-10,15H2,1-2H3,(H,25,29)/t24-/m0/s1. The molecule has 1 N–H and O–H groups in total. The van der Waals surface area contributed by atoms with Crippen LogP contribution < -0.4 is 10.2 Å². The van der Waals surface area contributed by atoms with Crippen molar-refractivity contribution in [3.63, 3.8) is 0 Å². The molecule has 0 spiro atoms. The molecule has 156 valence electrons. The van der Waals surface area contributed by atoms with E-state index in [1.165, 1.54) is 0 Å². The number of thiophene rings is 1. The quantitative estimate of drug-likeness (QED) is 0.661. The largest absolute Gasteiger partial charge is 0.351 e. The Labute approximate surface area is 180 Å². The zero-order valence-electron chi connectivity index (χ0n) is 17.5. The Balaban J connectivity index is 1.65. The van der Waals surface area contributed by atoms with Crippen molar-refractivity contribution in [1.29, 1.82) is 0 Å². The number of benzene rings is 1. The second-order valence-corrected chi connectivity index (χ2v) is 9.54. The van der Waals surface area contributed by atoms with Crippen molar-refractivity contribution in [2.75, 3.05) is 4.90 Å². The van der Waals surface area contributed by atoms with Gasteiger partial charge in [-0.1, -0.05) is 38.0 Å². The van der Waals surface area contributed by atoms with Crippen molar-refractivity contribution in [3.8, 4) is 0 Å². The summed E-state index contributed by atoms with van der Waals surface area (Å²) in [5, 5.41) is 6.37. The summed E-state index contributed by atoms with van der Waals surface area (Å²) in [6.45, 7) is 4.46. The maximum absolute atomic E-state index is 13.8. The van der Waals surface area contributed by atoms with Crippen molar-refractivity contribution in [3.05, 3.63) is 53.0 Å². The fourth-order valence-corrected chi connectivity index (χ4v) is 5.91. The van der Waals surface area contributed by atoms with Gasteiger partial charge >= 0.3 is 0 Å². The van der Waals surface area contributed by atoms with E-state index in [0.29, 0.717) is 12.2 Å². The number of carbonyl (C=O) groups excluding carboxylic acids is 2. The summed E-state index contributed by atoms with van der Waals surface area (Å²) in [4.78, 5) is 30.4. The van der Waals surface area contributed by atoms with Crippen LogP contribution in [0, 0.1) is 0 Å². The first-order valence-corrected chi connectivity index (χ1v) is 11.7. The number of fused-ring (bicyclic) bond motifs is 3. The van der Waals surface area contributed by atoms with Gasteiger partial charge in [-0.3, -0.25) is 14.5 Å². The van der Waals surface area contributed by atoms with Crippen LogP contribution in [0.3, 0.4) is 0 Å². The monoisotopic (exact) mass is 421 g/mol. The third kappa shape index (κ3) is 2.88. The molecule has 0 saturated heterocycles. The number of aromatic nitrogens is 1. The number of carbonyl (C=O) groups is 2. The predicted molar refractivity (Wildman–Crippen MR) is 121 cm³/mol. The summed E-state index contributed by atoms with van der Waals surface area (Å²) in [6.07, 6.45) is 5.15. The average molecular weight is 422 g/mol. The highest BCUT2D eigenvalue weighted by Crippen LogP contribution is 2.39. The van der Waals surface area contributed by atoms with Crippen LogP contribution in [-0.4, -0.2) is 28.0 Å². The van der Waals surface area contributed by atoms with Crippen LogP contribution in [0.5, 0.6) is 0 Å². The van der Waals surface area contributed by atoms with Crippen LogP contribution in [-0.2, 0) is 17.8 Å². The summed E-state index contributed by atoms with van der Waals surface area (Å²) < 4.78 is 2.04. The van der Waals surface area contributed by atoms with Crippen molar-refractivity contribution in [1.82, 2.24) is 9.88 Å². The van der Waals surface area contributed by atoms with Crippen LogP contribution in [0.4, 0.5) is 5.69 Å². The molecule has 1 fully saturated rings. The van der Waals surface area contributed by atoms with Gasteiger partial charge in [0.2, 0.25) is 5.91 Å². The molecule has 1 aliphatic heterocycles. The molecule has 0 radical (unpaired) electrons. The summed E-state index contributed by atoms with van der Waals surface area (Å²) in [5.74, 6) is -0.160. The van der Waals surface area contributed by atoms with Crippen LogP contribution in [0.15, 0.2) is 41.8 Å². The van der Waals surface area contributed by atoms with Crippen LogP contribution in [0.1, 0.15) is 55.6 Å². The first kappa shape index (κ1) is 19.4. The topological polar surface area (TPSA) is 54.3 Å². The zero-order chi connectivity index (χ0) is 20.9. The molecule has 0 unspecified atom stereocenters. The molecule has 30 heavy (non-hydrogen) atoms. The van der Waals surface area contributed by atoms with E-state index in [0.717, 1.165) is 53.6 Å². The SMILES string of the molecule is CCc1ccccc1N1C(=O)c2cc3ccsc3n2C[C@@]1(C)C(=O)NC1CCCC1. The van der Waals surface area contributed by atoms with E-state index >= 15 is 0 Å². The van der Waals surface area contributed by atoms with Crippen molar-refractivity contribution in [2.24, 2.45) is 0 Å². The first-order valence-electron chi connectivity index (χ1n) is 10.8. The second kappa shape index (κ2) is 7.27. The Morgan fingerprint density at radius 3 is 2.77 bits per heavy atom. The smallest absolute Gasteiger partial charge is 0.275 e. The Morgan fingerprint density at radius 1 is 1.23 bits per heavy atom. The summed E-state index contributed by atoms with van der Waals surface area (Å²) in [7, 11) is 0. The third-order valence-corrected chi connectivity index (χ3v) is 7.63. The van der Waals surface area contributed by atoms with Crippen molar-refractivity contribution >= 4 is 39.1 Å². The lowest BCUT2D eigenvalue weighted by molar-refractivity contribution is -0.127. The van der Waals surface area contributed by atoms with E-state index in [1.807, 2.05) is 53.3 Å². The molecule has 1 aromatic carbocycles. The lowest BCUT2D eigenvalue weighted by Gasteiger charge is -2.45. The van der Waals surface area contributed by atoms with Crippen LogP contribution in [0.2, 0.25) is 0 Å². The number of nitrogens with zero attached hydrogens (tertiary/aromatic N) is 2. The molecule has 0 bridgehead atoms. The molecule has 3 heterocycles. The Morgan fingerprint density at radius 2 is 2.00 bits per heavy atom.